The van der Waals surface area contributed by atoms with Gasteiger partial charge in [0, 0.05) is 0 Å². The Morgan fingerprint density at radius 2 is 1.73 bits per heavy atom. The van der Waals surface area contributed by atoms with E-state index in [1.807, 2.05) is 30.3 Å². The molecule has 2 rings (SSSR count). The molecule has 0 spiro atoms. The Kier molecular flexibility index (Phi) is 5.83. The van der Waals surface area contributed by atoms with Crippen molar-refractivity contribution in [3.05, 3.63) is 54.1 Å². The van der Waals surface area contributed by atoms with Crippen molar-refractivity contribution in [2.45, 2.75) is 19.8 Å². The zero-order valence-electron chi connectivity index (χ0n) is 13.0. The Morgan fingerprint density at radius 1 is 1.05 bits per heavy atom. The molecule has 0 unspecified atom stereocenters. The molecule has 1 N–H and O–H groups in total. The van der Waals surface area contributed by atoms with Crippen LogP contribution in [0.1, 0.15) is 30.1 Å². The van der Waals surface area contributed by atoms with Crippen molar-refractivity contribution in [2.75, 3.05) is 19.0 Å². The number of nitrogens with one attached hydrogen (secondary N) is 1. The van der Waals surface area contributed by atoms with Crippen molar-refractivity contribution in [1.29, 1.82) is 0 Å². The van der Waals surface area contributed by atoms with Gasteiger partial charge in [0.15, 0.2) is 0 Å². The van der Waals surface area contributed by atoms with Crippen LogP contribution in [0.4, 0.5) is 5.69 Å². The van der Waals surface area contributed by atoms with Crippen LogP contribution in [-0.2, 0) is 0 Å². The number of benzene rings is 2. The monoisotopic (exact) mass is 299 g/mol. The maximum Gasteiger partial charge on any atom is 0.259 e. The molecule has 0 heterocycles. The lowest BCUT2D eigenvalue weighted by Gasteiger charge is -2.13. The first-order valence-corrected chi connectivity index (χ1v) is 7.42. The molecule has 0 aliphatic heterocycles. The molecule has 0 bridgehead atoms. The molecule has 0 atom stereocenters. The molecule has 0 fully saturated rings. The van der Waals surface area contributed by atoms with Crippen molar-refractivity contribution in [3.8, 4) is 11.5 Å². The second-order valence-electron chi connectivity index (χ2n) is 4.85. The number of ether oxygens (including phenoxy) is 2. The quantitative estimate of drug-likeness (QED) is 0.782. The van der Waals surface area contributed by atoms with Gasteiger partial charge in [0.25, 0.3) is 5.91 Å². The third kappa shape index (κ3) is 4.01. The highest BCUT2D eigenvalue weighted by atomic mass is 16.5. The normalized spacial score (nSPS) is 10.1. The summed E-state index contributed by atoms with van der Waals surface area (Å²) in [6.07, 6.45) is 2.05. The molecule has 1 amide bonds. The highest BCUT2D eigenvalue weighted by molar-refractivity contribution is 6.06. The average Bonchev–Trinajstić information content (AvgIpc) is 2.56. The lowest BCUT2D eigenvalue weighted by atomic mass is 10.2. The fourth-order valence-electron chi connectivity index (χ4n) is 2.04. The number of hydrogen-bond donors (Lipinski definition) is 1. The van der Waals surface area contributed by atoms with Crippen LogP contribution in [0, 0.1) is 0 Å². The van der Waals surface area contributed by atoms with Gasteiger partial charge in [-0.1, -0.05) is 37.6 Å². The van der Waals surface area contributed by atoms with Crippen LogP contribution in [0.5, 0.6) is 11.5 Å². The maximum atomic E-state index is 12.4. The minimum atomic E-state index is -0.219. The van der Waals surface area contributed by atoms with Crippen LogP contribution < -0.4 is 14.8 Å². The van der Waals surface area contributed by atoms with E-state index in [9.17, 15) is 4.79 Å². The molecule has 2 aromatic carbocycles. The second kappa shape index (κ2) is 8.08. The molecule has 0 aromatic heterocycles. The summed E-state index contributed by atoms with van der Waals surface area (Å²) in [5.41, 5.74) is 1.16. The lowest BCUT2D eigenvalue weighted by Crippen LogP contribution is -2.14. The zero-order valence-corrected chi connectivity index (χ0v) is 13.0. The summed E-state index contributed by atoms with van der Waals surface area (Å²) in [5.74, 6) is 1.01. The van der Waals surface area contributed by atoms with Gasteiger partial charge in [-0.05, 0) is 30.7 Å². The number of carbonyl (C=O) groups excluding carboxylic acids is 1. The van der Waals surface area contributed by atoms with Gasteiger partial charge in [-0.25, -0.2) is 0 Å². The third-order valence-corrected chi connectivity index (χ3v) is 3.24. The predicted molar refractivity (Wildman–Crippen MR) is 87.8 cm³/mol. The number of rotatable bonds is 7. The van der Waals surface area contributed by atoms with Crippen molar-refractivity contribution < 1.29 is 14.3 Å². The van der Waals surface area contributed by atoms with Crippen LogP contribution in [0.3, 0.4) is 0 Å². The van der Waals surface area contributed by atoms with Crippen molar-refractivity contribution in [2.24, 2.45) is 0 Å². The number of para-hydroxylation sites is 3. The Labute approximate surface area is 131 Å². The van der Waals surface area contributed by atoms with Gasteiger partial charge in [0.05, 0.1) is 25.0 Å². The Balaban J connectivity index is 2.14. The molecule has 4 nitrogen and oxygen atoms in total. The fraction of sp³-hybridized carbons (Fsp3) is 0.278. The number of carbonyl (C=O) groups is 1. The summed E-state index contributed by atoms with van der Waals surface area (Å²) >= 11 is 0. The van der Waals surface area contributed by atoms with E-state index in [2.05, 4.69) is 12.2 Å². The first kappa shape index (κ1) is 15.9. The van der Waals surface area contributed by atoms with Crippen LogP contribution in [0.25, 0.3) is 0 Å². The molecule has 0 aliphatic rings. The lowest BCUT2D eigenvalue weighted by molar-refractivity contribution is 0.102. The standard InChI is InChI=1S/C18H21NO3/c1-3-4-13-22-17-12-8-6-10-15(17)19-18(20)14-9-5-7-11-16(14)21-2/h5-12H,3-4,13H2,1-2H3,(H,19,20). The van der Waals surface area contributed by atoms with Gasteiger partial charge in [0.1, 0.15) is 11.5 Å². The number of amides is 1. The fourth-order valence-corrected chi connectivity index (χ4v) is 2.04. The highest BCUT2D eigenvalue weighted by Crippen LogP contribution is 2.26. The molecule has 0 aliphatic carbocycles. The number of methoxy groups -OCH3 is 1. The number of anilines is 1. The molecule has 2 aromatic rings. The van der Waals surface area contributed by atoms with E-state index in [1.54, 1.807) is 25.3 Å². The van der Waals surface area contributed by atoms with E-state index in [-0.39, 0.29) is 5.91 Å². The molecule has 0 radical (unpaired) electrons. The molecule has 0 saturated carbocycles. The van der Waals surface area contributed by atoms with Gasteiger partial charge >= 0.3 is 0 Å². The van der Waals surface area contributed by atoms with E-state index in [0.29, 0.717) is 29.4 Å². The summed E-state index contributed by atoms with van der Waals surface area (Å²) in [6.45, 7) is 2.75. The summed E-state index contributed by atoms with van der Waals surface area (Å²) < 4.78 is 10.9. The van der Waals surface area contributed by atoms with Gasteiger partial charge in [-0.2, -0.15) is 0 Å². The smallest absolute Gasteiger partial charge is 0.259 e. The van der Waals surface area contributed by atoms with Crippen molar-refractivity contribution >= 4 is 11.6 Å². The second-order valence-corrected chi connectivity index (χ2v) is 4.85. The van der Waals surface area contributed by atoms with Gasteiger partial charge < -0.3 is 14.8 Å². The molecular formula is C18H21NO3. The number of hydrogen-bond acceptors (Lipinski definition) is 3. The van der Waals surface area contributed by atoms with E-state index in [0.717, 1.165) is 12.8 Å². The highest BCUT2D eigenvalue weighted by Gasteiger charge is 2.13. The van der Waals surface area contributed by atoms with Crippen molar-refractivity contribution in [3.63, 3.8) is 0 Å². The molecule has 22 heavy (non-hydrogen) atoms. The van der Waals surface area contributed by atoms with Crippen LogP contribution in [-0.4, -0.2) is 19.6 Å². The van der Waals surface area contributed by atoms with E-state index < -0.39 is 0 Å². The van der Waals surface area contributed by atoms with Crippen LogP contribution in [0.15, 0.2) is 48.5 Å². The van der Waals surface area contributed by atoms with Crippen molar-refractivity contribution in [1.82, 2.24) is 0 Å². The first-order chi connectivity index (χ1) is 10.8. The predicted octanol–water partition coefficient (Wildman–Crippen LogP) is 4.13. The van der Waals surface area contributed by atoms with E-state index in [4.69, 9.17) is 9.47 Å². The Bertz CT molecular complexity index is 625. The molecule has 4 heteroatoms. The Morgan fingerprint density at radius 3 is 2.45 bits per heavy atom. The minimum absolute atomic E-state index is 0.219. The summed E-state index contributed by atoms with van der Waals surface area (Å²) in [6, 6.07) is 14.6. The largest absolute Gasteiger partial charge is 0.496 e. The molecular weight excluding hydrogens is 278 g/mol. The molecule has 0 saturated heterocycles. The minimum Gasteiger partial charge on any atom is -0.496 e. The summed E-state index contributed by atoms with van der Waals surface area (Å²) in [5, 5.41) is 2.88. The maximum absolute atomic E-state index is 12.4. The summed E-state index contributed by atoms with van der Waals surface area (Å²) in [7, 11) is 1.55. The third-order valence-electron chi connectivity index (χ3n) is 3.24. The van der Waals surface area contributed by atoms with Gasteiger partial charge in [-0.3, -0.25) is 4.79 Å². The van der Waals surface area contributed by atoms with Gasteiger partial charge in [0.2, 0.25) is 0 Å². The first-order valence-electron chi connectivity index (χ1n) is 7.42. The SMILES string of the molecule is CCCCOc1ccccc1NC(=O)c1ccccc1OC. The summed E-state index contributed by atoms with van der Waals surface area (Å²) in [4.78, 5) is 12.4. The zero-order chi connectivity index (χ0) is 15.8. The number of unbranched alkanes of at least 4 members (excludes halogenated alkanes) is 1. The average molecular weight is 299 g/mol. The van der Waals surface area contributed by atoms with Crippen LogP contribution in [0.2, 0.25) is 0 Å². The van der Waals surface area contributed by atoms with Crippen LogP contribution >= 0.6 is 0 Å². The Hall–Kier alpha value is -2.49. The van der Waals surface area contributed by atoms with Gasteiger partial charge in [-0.15, -0.1) is 0 Å². The topological polar surface area (TPSA) is 47.6 Å². The van der Waals surface area contributed by atoms with E-state index >= 15 is 0 Å². The van der Waals surface area contributed by atoms with E-state index in [1.165, 1.54) is 0 Å². The molecule has 116 valence electrons.